The number of methoxy groups -OCH3 is 3. The minimum absolute atomic E-state index is 0.102. The van der Waals surface area contributed by atoms with Gasteiger partial charge in [-0.3, -0.25) is 10.1 Å². The molecule has 11 heteroatoms. The Labute approximate surface area is 181 Å². The van der Waals surface area contributed by atoms with Crippen LogP contribution in [-0.4, -0.2) is 44.0 Å². The van der Waals surface area contributed by atoms with E-state index in [1.165, 1.54) is 27.4 Å². The van der Waals surface area contributed by atoms with Crippen molar-refractivity contribution in [1.82, 2.24) is 10.2 Å². The third-order valence-corrected chi connectivity index (χ3v) is 4.37. The van der Waals surface area contributed by atoms with Crippen LogP contribution in [0.3, 0.4) is 0 Å². The van der Waals surface area contributed by atoms with Gasteiger partial charge in [0, 0.05) is 10.6 Å². The van der Waals surface area contributed by atoms with Crippen LogP contribution in [0.15, 0.2) is 34.7 Å². The van der Waals surface area contributed by atoms with Gasteiger partial charge in [0.05, 0.1) is 26.4 Å². The molecule has 1 aromatic heterocycles. The molecule has 158 valence electrons. The highest BCUT2D eigenvalue weighted by molar-refractivity contribution is 6.35. The van der Waals surface area contributed by atoms with Gasteiger partial charge < -0.3 is 23.4 Å². The third kappa shape index (κ3) is 4.87. The van der Waals surface area contributed by atoms with Crippen molar-refractivity contribution in [3.63, 3.8) is 0 Å². The fraction of sp³-hybridized carbons (Fsp3) is 0.211. The highest BCUT2D eigenvalue weighted by Crippen LogP contribution is 2.41. The van der Waals surface area contributed by atoms with E-state index in [0.29, 0.717) is 33.6 Å². The zero-order chi connectivity index (χ0) is 21.7. The summed E-state index contributed by atoms with van der Waals surface area (Å²) in [4.78, 5) is 12.1. The number of carbonyl (C=O) groups is 1. The van der Waals surface area contributed by atoms with E-state index in [1.807, 2.05) is 0 Å². The second-order valence-corrected chi connectivity index (χ2v) is 6.58. The van der Waals surface area contributed by atoms with Crippen LogP contribution in [0, 0.1) is 0 Å². The van der Waals surface area contributed by atoms with E-state index in [4.69, 9.17) is 46.6 Å². The highest BCUT2D eigenvalue weighted by Gasteiger charge is 2.18. The van der Waals surface area contributed by atoms with Crippen molar-refractivity contribution in [2.24, 2.45) is 0 Å². The SMILES string of the molecule is COc1cc(-c2nnc(NC(=O)COc3ccc(Cl)cc3Cl)o2)cc(OC)c1OC. The molecule has 0 saturated carbocycles. The summed E-state index contributed by atoms with van der Waals surface area (Å²) < 4.78 is 26.8. The fourth-order valence-electron chi connectivity index (χ4n) is 2.49. The molecule has 1 N–H and O–H groups in total. The first-order valence-electron chi connectivity index (χ1n) is 8.46. The van der Waals surface area contributed by atoms with Crippen LogP contribution in [0.2, 0.25) is 10.0 Å². The van der Waals surface area contributed by atoms with Crippen LogP contribution in [0.4, 0.5) is 6.01 Å². The summed E-state index contributed by atoms with van der Waals surface area (Å²) in [7, 11) is 4.49. The molecule has 30 heavy (non-hydrogen) atoms. The molecule has 0 fully saturated rings. The number of anilines is 1. The molecule has 0 atom stereocenters. The van der Waals surface area contributed by atoms with Crippen molar-refractivity contribution in [2.75, 3.05) is 33.3 Å². The van der Waals surface area contributed by atoms with Gasteiger partial charge in [-0.25, -0.2) is 0 Å². The van der Waals surface area contributed by atoms with Crippen molar-refractivity contribution < 1.29 is 28.2 Å². The smallest absolute Gasteiger partial charge is 0.322 e. The molecule has 0 aliphatic rings. The Balaban J connectivity index is 1.69. The lowest BCUT2D eigenvalue weighted by molar-refractivity contribution is -0.118. The lowest BCUT2D eigenvalue weighted by atomic mass is 10.2. The molecule has 2 aromatic carbocycles. The molecular formula is C19H17Cl2N3O6. The maximum absolute atomic E-state index is 12.1. The van der Waals surface area contributed by atoms with Gasteiger partial charge in [-0.15, -0.1) is 5.10 Å². The summed E-state index contributed by atoms with van der Waals surface area (Å²) in [5.74, 6) is 1.22. The standard InChI is InChI=1S/C19H17Cl2N3O6/c1-26-14-6-10(7-15(27-2)17(14)28-3)18-23-24-19(30-18)22-16(25)9-29-13-5-4-11(20)8-12(13)21/h4-8H,9H2,1-3H3,(H,22,24,25). The molecule has 0 saturated heterocycles. The van der Waals surface area contributed by atoms with E-state index in [1.54, 1.807) is 24.3 Å². The Morgan fingerprint density at radius 2 is 1.70 bits per heavy atom. The number of carbonyl (C=O) groups excluding carboxylic acids is 1. The number of benzene rings is 2. The zero-order valence-corrected chi connectivity index (χ0v) is 17.7. The Hall–Kier alpha value is -3.17. The number of rotatable bonds is 8. The minimum atomic E-state index is -0.513. The first-order valence-corrected chi connectivity index (χ1v) is 9.22. The second-order valence-electron chi connectivity index (χ2n) is 5.74. The van der Waals surface area contributed by atoms with Crippen LogP contribution in [-0.2, 0) is 4.79 Å². The molecule has 0 radical (unpaired) electrons. The number of hydrogen-bond donors (Lipinski definition) is 1. The summed E-state index contributed by atoms with van der Waals surface area (Å²) in [5, 5.41) is 10.9. The Bertz CT molecular complexity index is 1030. The van der Waals surface area contributed by atoms with E-state index in [0.717, 1.165) is 0 Å². The average Bonchev–Trinajstić information content (AvgIpc) is 3.20. The van der Waals surface area contributed by atoms with Gasteiger partial charge in [0.25, 0.3) is 5.91 Å². The van der Waals surface area contributed by atoms with E-state index in [2.05, 4.69) is 15.5 Å². The van der Waals surface area contributed by atoms with Gasteiger partial charge in [-0.1, -0.05) is 28.3 Å². The number of amides is 1. The maximum Gasteiger partial charge on any atom is 0.322 e. The lowest BCUT2D eigenvalue weighted by Gasteiger charge is -2.12. The lowest BCUT2D eigenvalue weighted by Crippen LogP contribution is -2.20. The molecule has 1 amide bonds. The number of halogens is 2. The first-order chi connectivity index (χ1) is 14.4. The summed E-state index contributed by atoms with van der Waals surface area (Å²) in [5.41, 5.74) is 0.515. The summed E-state index contributed by atoms with van der Waals surface area (Å²) >= 11 is 11.8. The van der Waals surface area contributed by atoms with Gasteiger partial charge in [0.15, 0.2) is 18.1 Å². The Morgan fingerprint density at radius 3 is 2.30 bits per heavy atom. The van der Waals surface area contributed by atoms with Gasteiger partial charge in [-0.2, -0.15) is 0 Å². The highest BCUT2D eigenvalue weighted by atomic mass is 35.5. The Morgan fingerprint density at radius 1 is 1.00 bits per heavy atom. The van der Waals surface area contributed by atoms with E-state index in [-0.39, 0.29) is 23.5 Å². The van der Waals surface area contributed by atoms with Crippen molar-refractivity contribution in [1.29, 1.82) is 0 Å². The molecule has 3 rings (SSSR count). The number of ether oxygens (including phenoxy) is 4. The van der Waals surface area contributed by atoms with Gasteiger partial charge >= 0.3 is 6.01 Å². The topological polar surface area (TPSA) is 105 Å². The molecule has 0 aliphatic carbocycles. The van der Waals surface area contributed by atoms with Gasteiger partial charge in [0.2, 0.25) is 11.6 Å². The van der Waals surface area contributed by atoms with E-state index in [9.17, 15) is 4.79 Å². The average molecular weight is 454 g/mol. The van der Waals surface area contributed by atoms with E-state index >= 15 is 0 Å². The number of nitrogens with zero attached hydrogens (tertiary/aromatic N) is 2. The molecule has 0 bridgehead atoms. The van der Waals surface area contributed by atoms with Crippen molar-refractivity contribution in [2.45, 2.75) is 0 Å². The number of hydrogen-bond acceptors (Lipinski definition) is 8. The monoisotopic (exact) mass is 453 g/mol. The Kier molecular flexibility index (Phi) is 6.86. The number of aromatic nitrogens is 2. The minimum Gasteiger partial charge on any atom is -0.493 e. The molecule has 0 spiro atoms. The summed E-state index contributed by atoms with van der Waals surface area (Å²) in [6.07, 6.45) is 0. The third-order valence-electron chi connectivity index (χ3n) is 3.84. The van der Waals surface area contributed by atoms with Crippen LogP contribution >= 0.6 is 23.2 Å². The fourth-order valence-corrected chi connectivity index (χ4v) is 2.95. The van der Waals surface area contributed by atoms with Crippen LogP contribution in [0.1, 0.15) is 0 Å². The summed E-state index contributed by atoms with van der Waals surface area (Å²) in [6.45, 7) is -0.316. The van der Waals surface area contributed by atoms with E-state index < -0.39 is 5.91 Å². The molecule has 3 aromatic rings. The second kappa shape index (κ2) is 9.55. The molecule has 1 heterocycles. The van der Waals surface area contributed by atoms with Gasteiger partial charge in [0.1, 0.15) is 5.75 Å². The predicted octanol–water partition coefficient (Wildman–Crippen LogP) is 4.09. The van der Waals surface area contributed by atoms with Crippen LogP contribution < -0.4 is 24.3 Å². The predicted molar refractivity (Wildman–Crippen MR) is 110 cm³/mol. The maximum atomic E-state index is 12.1. The molecule has 0 unspecified atom stereocenters. The van der Waals surface area contributed by atoms with Crippen molar-refractivity contribution in [3.05, 3.63) is 40.4 Å². The largest absolute Gasteiger partial charge is 0.493 e. The normalized spacial score (nSPS) is 10.4. The molecule has 9 nitrogen and oxygen atoms in total. The molecule has 0 aliphatic heterocycles. The number of nitrogens with one attached hydrogen (secondary N) is 1. The zero-order valence-electron chi connectivity index (χ0n) is 16.2. The molecular weight excluding hydrogens is 437 g/mol. The summed E-state index contributed by atoms with van der Waals surface area (Å²) in [6, 6.07) is 7.86. The van der Waals surface area contributed by atoms with Crippen molar-refractivity contribution in [3.8, 4) is 34.5 Å². The van der Waals surface area contributed by atoms with Crippen LogP contribution in [0.25, 0.3) is 11.5 Å². The first kappa shape index (κ1) is 21.5. The van der Waals surface area contributed by atoms with Crippen LogP contribution in [0.5, 0.6) is 23.0 Å². The van der Waals surface area contributed by atoms with Crippen molar-refractivity contribution >= 4 is 35.1 Å². The quantitative estimate of drug-likeness (QED) is 0.543. The van der Waals surface area contributed by atoms with Gasteiger partial charge in [-0.05, 0) is 30.3 Å².